The van der Waals surface area contributed by atoms with Gasteiger partial charge in [0, 0.05) is 4.88 Å². The van der Waals surface area contributed by atoms with Crippen LogP contribution in [-0.4, -0.2) is 40.1 Å². The van der Waals surface area contributed by atoms with Gasteiger partial charge >= 0.3 is 7.12 Å². The van der Waals surface area contributed by atoms with Crippen LogP contribution < -0.4 is 0 Å². The van der Waals surface area contributed by atoms with E-state index in [1.165, 1.54) is 10.5 Å². The molecule has 4 atom stereocenters. The number of phenolic OH excluding ortho intramolecular Hbond substituents is 1. The van der Waals surface area contributed by atoms with Gasteiger partial charge in [0.05, 0.1) is 24.5 Å². The van der Waals surface area contributed by atoms with E-state index in [2.05, 4.69) is 19.9 Å². The number of imide groups is 1. The van der Waals surface area contributed by atoms with Gasteiger partial charge in [0.2, 0.25) is 11.8 Å². The van der Waals surface area contributed by atoms with Crippen LogP contribution in [0.3, 0.4) is 0 Å². The molecule has 2 aromatic rings. The zero-order valence-electron chi connectivity index (χ0n) is 21.9. The van der Waals surface area contributed by atoms with Gasteiger partial charge in [0.25, 0.3) is 0 Å². The van der Waals surface area contributed by atoms with Crippen LogP contribution in [0.15, 0.2) is 46.4 Å². The molecule has 2 fully saturated rings. The van der Waals surface area contributed by atoms with Gasteiger partial charge in [-0.15, -0.1) is 11.3 Å². The lowest BCUT2D eigenvalue weighted by molar-refractivity contribution is -0.140. The Bertz CT molecular complexity index is 1260. The van der Waals surface area contributed by atoms with Crippen LogP contribution in [0.5, 0.6) is 5.75 Å². The highest BCUT2D eigenvalue weighted by Crippen LogP contribution is 2.50. The molecular weight excluding hydrogens is 485 g/mol. The van der Waals surface area contributed by atoms with Gasteiger partial charge in [-0.3, -0.25) is 14.5 Å². The van der Waals surface area contributed by atoms with Crippen molar-refractivity contribution in [3.05, 3.63) is 67.9 Å². The van der Waals surface area contributed by atoms with Gasteiger partial charge < -0.3 is 14.8 Å². The van der Waals surface area contributed by atoms with Gasteiger partial charge in [-0.05, 0) is 105 Å². The minimum atomic E-state index is -0.953. The summed E-state index contributed by atoms with van der Waals surface area (Å²) in [7, 11) is -0.953. The van der Waals surface area contributed by atoms with E-state index < -0.39 is 13.0 Å². The standard InChI is InChI=1S/C29H34BNO5S/c1-16(10-20-11-18(3)27(32)19(4)12-20)7-8-24-25-17(2)13-22-26(23(25)14-30(35)36-24)29(34)31(28(22)33)15-21-6-5-9-37-21/h5-6,9-12,22-24,26,32,35H,7-8,13-15H2,1-4H3/b16-10+/t22-,23+,24-,26-/m1/s1. The van der Waals surface area contributed by atoms with Crippen molar-refractivity contribution in [3.63, 3.8) is 0 Å². The molecule has 3 aliphatic rings. The lowest BCUT2D eigenvalue weighted by atomic mass is 9.59. The minimum Gasteiger partial charge on any atom is -0.507 e. The number of aromatic hydroxyl groups is 1. The average molecular weight is 519 g/mol. The summed E-state index contributed by atoms with van der Waals surface area (Å²) >= 11 is 1.55. The number of aryl methyl sites for hydroxylation is 2. The van der Waals surface area contributed by atoms with E-state index in [1.807, 2.05) is 43.5 Å². The van der Waals surface area contributed by atoms with Crippen molar-refractivity contribution in [3.8, 4) is 5.75 Å². The van der Waals surface area contributed by atoms with E-state index in [1.54, 1.807) is 11.3 Å². The Morgan fingerprint density at radius 1 is 1.19 bits per heavy atom. The Labute approximate surface area is 222 Å². The topological polar surface area (TPSA) is 87.1 Å². The number of thiophene rings is 1. The number of carbonyl (C=O) groups is 2. The molecule has 194 valence electrons. The van der Waals surface area contributed by atoms with Crippen molar-refractivity contribution in [1.29, 1.82) is 0 Å². The maximum Gasteiger partial charge on any atom is 0.455 e. The van der Waals surface area contributed by atoms with Crippen molar-refractivity contribution in [2.45, 2.75) is 65.9 Å². The lowest BCUT2D eigenvalue weighted by Gasteiger charge is -2.42. The van der Waals surface area contributed by atoms with Gasteiger partial charge in [-0.25, -0.2) is 0 Å². The molecule has 0 spiro atoms. The SMILES string of the molecule is CC1=C2[C@@H](CC/C(C)=C/c3cc(C)c(O)c(C)c3)OB(O)C[C@@H]2[C@@H]2C(=O)N(Cc3cccs3)C(=O)[C@@H]2C1. The molecule has 1 aromatic heterocycles. The first-order valence-electron chi connectivity index (χ1n) is 13.0. The van der Waals surface area contributed by atoms with Crippen molar-refractivity contribution in [1.82, 2.24) is 4.90 Å². The molecule has 3 heterocycles. The van der Waals surface area contributed by atoms with E-state index >= 15 is 0 Å². The second-order valence-corrected chi connectivity index (χ2v) is 11.9. The van der Waals surface area contributed by atoms with Crippen LogP contribution in [-0.2, 0) is 20.8 Å². The van der Waals surface area contributed by atoms with Crippen LogP contribution in [0, 0.1) is 31.6 Å². The Morgan fingerprint density at radius 2 is 1.92 bits per heavy atom. The zero-order valence-corrected chi connectivity index (χ0v) is 22.7. The molecule has 2 saturated heterocycles. The quantitative estimate of drug-likeness (QED) is 0.309. The van der Waals surface area contributed by atoms with Crippen molar-refractivity contribution in [2.75, 3.05) is 0 Å². The number of nitrogens with zero attached hydrogens (tertiary/aromatic N) is 1. The number of allylic oxidation sites excluding steroid dienone is 2. The molecule has 1 aromatic carbocycles. The summed E-state index contributed by atoms with van der Waals surface area (Å²) in [5, 5.41) is 22.7. The van der Waals surface area contributed by atoms with E-state index in [0.29, 0.717) is 31.5 Å². The van der Waals surface area contributed by atoms with Crippen molar-refractivity contribution >= 4 is 36.3 Å². The highest BCUT2D eigenvalue weighted by atomic mass is 32.1. The van der Waals surface area contributed by atoms with Gasteiger partial charge in [0.1, 0.15) is 5.75 Å². The highest BCUT2D eigenvalue weighted by Gasteiger charge is 2.56. The summed E-state index contributed by atoms with van der Waals surface area (Å²) in [5.74, 6) is -0.819. The average Bonchev–Trinajstić information content (AvgIpc) is 3.43. The van der Waals surface area contributed by atoms with Crippen molar-refractivity contribution < 1.29 is 24.4 Å². The molecule has 6 nitrogen and oxygen atoms in total. The molecule has 0 radical (unpaired) electrons. The first-order chi connectivity index (χ1) is 17.6. The predicted octanol–water partition coefficient (Wildman–Crippen LogP) is 5.27. The number of benzene rings is 1. The summed E-state index contributed by atoms with van der Waals surface area (Å²) in [4.78, 5) is 29.3. The first-order valence-corrected chi connectivity index (χ1v) is 13.9. The summed E-state index contributed by atoms with van der Waals surface area (Å²) in [6.07, 6.45) is 4.21. The Morgan fingerprint density at radius 3 is 2.59 bits per heavy atom. The summed E-state index contributed by atoms with van der Waals surface area (Å²) in [6.45, 7) is 8.25. The monoisotopic (exact) mass is 519 g/mol. The fourth-order valence-electron chi connectivity index (χ4n) is 6.49. The number of fused-ring (bicyclic) bond motifs is 3. The molecule has 37 heavy (non-hydrogen) atoms. The number of hydrogen-bond acceptors (Lipinski definition) is 6. The third-order valence-electron chi connectivity index (χ3n) is 8.16. The maximum atomic E-state index is 13.5. The second kappa shape index (κ2) is 10.2. The molecule has 0 unspecified atom stereocenters. The fraction of sp³-hybridized carbons (Fsp3) is 0.448. The van der Waals surface area contributed by atoms with E-state index in [4.69, 9.17) is 4.65 Å². The molecule has 5 rings (SSSR count). The number of rotatable bonds is 6. The normalized spacial score (nSPS) is 26.1. The van der Waals surface area contributed by atoms with E-state index in [-0.39, 0.29) is 29.8 Å². The van der Waals surface area contributed by atoms with E-state index in [9.17, 15) is 19.7 Å². The van der Waals surface area contributed by atoms with Gasteiger partial charge in [-0.2, -0.15) is 0 Å². The Hall–Kier alpha value is -2.68. The summed E-state index contributed by atoms with van der Waals surface area (Å²) in [5.41, 5.74) is 6.14. The fourth-order valence-corrected chi connectivity index (χ4v) is 7.18. The third kappa shape index (κ3) is 4.94. The minimum absolute atomic E-state index is 0.0856. The predicted molar refractivity (Wildman–Crippen MR) is 146 cm³/mol. The van der Waals surface area contributed by atoms with Gasteiger partial charge in [-0.1, -0.05) is 23.3 Å². The van der Waals surface area contributed by atoms with Crippen LogP contribution >= 0.6 is 11.3 Å². The molecule has 2 N–H and O–H groups in total. The second-order valence-electron chi connectivity index (χ2n) is 10.9. The highest BCUT2D eigenvalue weighted by molar-refractivity contribution is 7.09. The van der Waals surface area contributed by atoms with E-state index in [0.717, 1.165) is 39.1 Å². The number of phenols is 1. The molecule has 1 aliphatic carbocycles. The molecule has 2 aliphatic heterocycles. The van der Waals surface area contributed by atoms with Crippen LogP contribution in [0.1, 0.15) is 54.7 Å². The number of likely N-dealkylation sites (tertiary alicyclic amines) is 1. The maximum absolute atomic E-state index is 13.5. The van der Waals surface area contributed by atoms with Crippen LogP contribution in [0.25, 0.3) is 6.08 Å². The Kier molecular flexibility index (Phi) is 7.18. The Balaban J connectivity index is 1.34. The van der Waals surface area contributed by atoms with Crippen LogP contribution in [0.2, 0.25) is 6.32 Å². The molecular formula is C29H34BNO5S. The number of amides is 2. The lowest BCUT2D eigenvalue weighted by Crippen LogP contribution is -2.46. The molecule has 0 saturated carbocycles. The molecule has 8 heteroatoms. The number of hydrogen-bond donors (Lipinski definition) is 2. The number of carbonyl (C=O) groups excluding carboxylic acids is 2. The molecule has 2 amide bonds. The zero-order chi connectivity index (χ0) is 26.4. The largest absolute Gasteiger partial charge is 0.507 e. The van der Waals surface area contributed by atoms with Crippen molar-refractivity contribution in [2.24, 2.45) is 17.8 Å². The van der Waals surface area contributed by atoms with Crippen LogP contribution in [0.4, 0.5) is 0 Å². The third-order valence-corrected chi connectivity index (χ3v) is 9.03. The first kappa shape index (κ1) is 26.0. The smallest absolute Gasteiger partial charge is 0.455 e. The molecule has 0 bridgehead atoms. The van der Waals surface area contributed by atoms with Gasteiger partial charge in [0.15, 0.2) is 0 Å². The summed E-state index contributed by atoms with van der Waals surface area (Å²) < 4.78 is 6.03. The summed E-state index contributed by atoms with van der Waals surface area (Å²) in [6, 6.07) is 7.83.